The van der Waals surface area contributed by atoms with Crippen LogP contribution in [-0.4, -0.2) is 32.3 Å². The van der Waals surface area contributed by atoms with Crippen LogP contribution in [0.4, 0.5) is 0 Å². The van der Waals surface area contributed by atoms with Crippen LogP contribution in [0.2, 0.25) is 0 Å². The van der Waals surface area contributed by atoms with Crippen molar-refractivity contribution in [1.29, 1.82) is 0 Å². The molecule has 2 aromatic rings. The molecule has 0 saturated carbocycles. The van der Waals surface area contributed by atoms with Crippen LogP contribution in [0.1, 0.15) is 23.2 Å². The Morgan fingerprint density at radius 1 is 1.04 bits per heavy atom. The molecule has 0 atom stereocenters. The summed E-state index contributed by atoms with van der Waals surface area (Å²) in [6.45, 7) is 4.24. The number of unbranched alkanes of at least 4 members (excludes halogenated alkanes) is 1. The van der Waals surface area contributed by atoms with Crippen LogP contribution in [-0.2, 0) is 14.3 Å². The number of esters is 2. The van der Waals surface area contributed by atoms with Gasteiger partial charge in [0.25, 0.3) is 0 Å². The van der Waals surface area contributed by atoms with Gasteiger partial charge in [0.1, 0.15) is 5.75 Å². The van der Waals surface area contributed by atoms with E-state index in [1.807, 2.05) is 24.3 Å². The molecule has 0 aliphatic carbocycles. The Bertz CT molecular complexity index is 736. The first kappa shape index (κ1) is 17.5. The van der Waals surface area contributed by atoms with Gasteiger partial charge in [0.2, 0.25) is 0 Å². The smallest absolute Gasteiger partial charge is 0.337 e. The van der Waals surface area contributed by atoms with Crippen molar-refractivity contribution in [3.63, 3.8) is 0 Å². The Morgan fingerprint density at radius 2 is 1.75 bits per heavy atom. The maximum Gasteiger partial charge on any atom is 0.337 e. The van der Waals surface area contributed by atoms with Gasteiger partial charge in [-0.05, 0) is 47.9 Å². The van der Waals surface area contributed by atoms with E-state index in [0.29, 0.717) is 18.8 Å². The van der Waals surface area contributed by atoms with Gasteiger partial charge in [-0.3, -0.25) is 0 Å². The van der Waals surface area contributed by atoms with Gasteiger partial charge in [-0.25, -0.2) is 9.59 Å². The van der Waals surface area contributed by atoms with Gasteiger partial charge < -0.3 is 14.2 Å². The molecule has 0 fully saturated rings. The summed E-state index contributed by atoms with van der Waals surface area (Å²) in [5.74, 6) is 0.00237. The summed E-state index contributed by atoms with van der Waals surface area (Å²) in [5, 5.41) is 1.93. The molecular weight excluding hydrogens is 308 g/mol. The molecule has 0 bridgehead atoms. The average molecular weight is 328 g/mol. The molecule has 0 unspecified atom stereocenters. The van der Waals surface area contributed by atoms with Gasteiger partial charge in [-0.1, -0.05) is 18.7 Å². The normalized spacial score (nSPS) is 10.2. The Morgan fingerprint density at radius 3 is 2.50 bits per heavy atom. The van der Waals surface area contributed by atoms with E-state index in [4.69, 9.17) is 14.2 Å². The summed E-state index contributed by atoms with van der Waals surface area (Å²) in [4.78, 5) is 22.4. The molecule has 5 nitrogen and oxygen atoms in total. The third-order valence-corrected chi connectivity index (χ3v) is 3.45. The lowest BCUT2D eigenvalue weighted by Crippen LogP contribution is -2.04. The van der Waals surface area contributed by atoms with E-state index >= 15 is 0 Å². The van der Waals surface area contributed by atoms with Crippen LogP contribution >= 0.6 is 0 Å². The summed E-state index contributed by atoms with van der Waals surface area (Å²) < 4.78 is 15.3. The van der Waals surface area contributed by atoms with Crippen molar-refractivity contribution in [1.82, 2.24) is 0 Å². The lowest BCUT2D eigenvalue weighted by molar-refractivity contribution is -0.137. The molecule has 0 saturated heterocycles. The number of hydrogen-bond acceptors (Lipinski definition) is 5. The zero-order valence-electron chi connectivity index (χ0n) is 13.6. The van der Waals surface area contributed by atoms with Gasteiger partial charge >= 0.3 is 11.9 Å². The molecule has 0 amide bonds. The molecule has 2 aromatic carbocycles. The summed E-state index contributed by atoms with van der Waals surface area (Å²) >= 11 is 0. The predicted molar refractivity (Wildman–Crippen MR) is 91.2 cm³/mol. The quantitative estimate of drug-likeness (QED) is 0.421. The number of carbonyl (C=O) groups excluding carboxylic acids is 2. The summed E-state index contributed by atoms with van der Waals surface area (Å²) in [6, 6.07) is 11.1. The van der Waals surface area contributed by atoms with Crippen molar-refractivity contribution in [2.75, 3.05) is 20.3 Å². The Kier molecular flexibility index (Phi) is 6.37. The monoisotopic (exact) mass is 328 g/mol. The van der Waals surface area contributed by atoms with Crippen molar-refractivity contribution >= 4 is 22.7 Å². The molecule has 24 heavy (non-hydrogen) atoms. The van der Waals surface area contributed by atoms with Gasteiger partial charge in [0, 0.05) is 6.08 Å². The molecular formula is C19H20O5. The zero-order chi connectivity index (χ0) is 17.4. The first-order valence-electron chi connectivity index (χ1n) is 7.68. The number of rotatable bonds is 8. The number of benzene rings is 2. The van der Waals surface area contributed by atoms with E-state index in [9.17, 15) is 9.59 Å². The Hall–Kier alpha value is -2.82. The maximum atomic E-state index is 11.5. The van der Waals surface area contributed by atoms with Crippen molar-refractivity contribution in [2.45, 2.75) is 12.8 Å². The zero-order valence-corrected chi connectivity index (χ0v) is 13.6. The van der Waals surface area contributed by atoms with Crippen molar-refractivity contribution in [3.8, 4) is 5.75 Å². The highest BCUT2D eigenvalue weighted by Crippen LogP contribution is 2.22. The minimum absolute atomic E-state index is 0.352. The van der Waals surface area contributed by atoms with Gasteiger partial charge in [-0.15, -0.1) is 0 Å². The lowest BCUT2D eigenvalue weighted by Gasteiger charge is -2.08. The van der Waals surface area contributed by atoms with Crippen LogP contribution in [0.3, 0.4) is 0 Å². The fraction of sp³-hybridized carbons (Fsp3) is 0.263. The first-order valence-corrected chi connectivity index (χ1v) is 7.68. The fourth-order valence-corrected chi connectivity index (χ4v) is 2.18. The maximum absolute atomic E-state index is 11.5. The van der Waals surface area contributed by atoms with Crippen molar-refractivity contribution in [2.24, 2.45) is 0 Å². The second kappa shape index (κ2) is 8.72. The molecule has 0 aliphatic heterocycles. The molecule has 0 aliphatic rings. The predicted octanol–water partition coefficient (Wildman–Crippen LogP) is 3.51. The minimum Gasteiger partial charge on any atom is -0.494 e. The lowest BCUT2D eigenvalue weighted by atomic mass is 10.1. The standard InChI is InChI=1S/C19H20O5/c1-3-18(20)24-11-5-4-10-23-17-9-8-14-12-16(19(21)22-2)7-6-15(14)13-17/h3,6-9,12-13H,1,4-5,10-11H2,2H3. The second-order valence-corrected chi connectivity index (χ2v) is 5.14. The average Bonchev–Trinajstić information content (AvgIpc) is 2.62. The van der Waals surface area contributed by atoms with E-state index < -0.39 is 5.97 Å². The van der Waals surface area contributed by atoms with Crippen LogP contribution in [0.15, 0.2) is 49.1 Å². The van der Waals surface area contributed by atoms with E-state index in [1.54, 1.807) is 12.1 Å². The molecule has 2 rings (SSSR count). The fourth-order valence-electron chi connectivity index (χ4n) is 2.18. The van der Waals surface area contributed by atoms with Gasteiger partial charge in [0.15, 0.2) is 0 Å². The largest absolute Gasteiger partial charge is 0.494 e. The number of carbonyl (C=O) groups is 2. The molecule has 0 spiro atoms. The van der Waals surface area contributed by atoms with Gasteiger partial charge in [0.05, 0.1) is 25.9 Å². The van der Waals surface area contributed by atoms with Crippen LogP contribution < -0.4 is 4.74 Å². The molecule has 0 radical (unpaired) electrons. The van der Waals surface area contributed by atoms with Crippen LogP contribution in [0.5, 0.6) is 5.75 Å². The van der Waals surface area contributed by atoms with E-state index in [1.165, 1.54) is 7.11 Å². The summed E-state index contributed by atoms with van der Waals surface area (Å²) in [6.07, 6.45) is 2.66. The highest BCUT2D eigenvalue weighted by atomic mass is 16.5. The number of ether oxygens (including phenoxy) is 3. The minimum atomic E-state index is -0.406. The van der Waals surface area contributed by atoms with Crippen molar-refractivity contribution in [3.05, 3.63) is 54.6 Å². The molecule has 126 valence electrons. The molecule has 0 N–H and O–H groups in total. The Balaban J connectivity index is 1.86. The van der Waals surface area contributed by atoms with Crippen LogP contribution in [0.25, 0.3) is 10.8 Å². The van der Waals surface area contributed by atoms with Crippen LogP contribution in [0, 0.1) is 0 Å². The number of fused-ring (bicyclic) bond motifs is 1. The number of methoxy groups -OCH3 is 1. The summed E-state index contributed by atoms with van der Waals surface area (Å²) in [7, 11) is 1.36. The molecule has 0 heterocycles. The SMILES string of the molecule is C=CC(=O)OCCCCOc1ccc2cc(C(=O)OC)ccc2c1. The number of hydrogen-bond donors (Lipinski definition) is 0. The van der Waals surface area contributed by atoms with E-state index in [2.05, 4.69) is 6.58 Å². The second-order valence-electron chi connectivity index (χ2n) is 5.14. The Labute approximate surface area is 140 Å². The molecule has 0 aromatic heterocycles. The first-order chi connectivity index (χ1) is 11.6. The van der Waals surface area contributed by atoms with E-state index in [0.717, 1.165) is 35.4 Å². The highest BCUT2D eigenvalue weighted by molar-refractivity contribution is 5.95. The van der Waals surface area contributed by atoms with E-state index in [-0.39, 0.29) is 5.97 Å². The molecule has 5 heteroatoms. The third kappa shape index (κ3) is 4.84. The van der Waals surface area contributed by atoms with Gasteiger partial charge in [-0.2, -0.15) is 0 Å². The third-order valence-electron chi connectivity index (χ3n) is 3.45. The topological polar surface area (TPSA) is 61.8 Å². The summed E-state index contributed by atoms with van der Waals surface area (Å²) in [5.41, 5.74) is 0.521. The van der Waals surface area contributed by atoms with Crippen molar-refractivity contribution < 1.29 is 23.8 Å². The highest BCUT2D eigenvalue weighted by Gasteiger charge is 2.06.